The van der Waals surface area contributed by atoms with Crippen molar-refractivity contribution in [1.29, 1.82) is 0 Å². The molecule has 0 saturated carbocycles. The van der Waals surface area contributed by atoms with E-state index in [1.165, 1.54) is 10.9 Å². The molecule has 13 heteroatoms. The third-order valence-electron chi connectivity index (χ3n) is 7.61. The highest BCUT2D eigenvalue weighted by Gasteiger charge is 2.38. The van der Waals surface area contributed by atoms with Crippen LogP contribution in [0.4, 0.5) is 14.5 Å². The summed E-state index contributed by atoms with van der Waals surface area (Å²) in [5, 5.41) is 15.7. The van der Waals surface area contributed by atoms with E-state index >= 15 is 0 Å². The molecule has 1 unspecified atom stereocenters. The number of rotatable bonds is 10. The third-order valence-corrected chi connectivity index (χ3v) is 7.61. The zero-order valence-electron chi connectivity index (χ0n) is 24.6. The van der Waals surface area contributed by atoms with Gasteiger partial charge in [0.2, 0.25) is 5.82 Å². The van der Waals surface area contributed by atoms with E-state index in [-0.39, 0.29) is 23.8 Å². The Bertz CT molecular complexity index is 1520. The highest BCUT2D eigenvalue weighted by atomic mass is 19.3. The summed E-state index contributed by atoms with van der Waals surface area (Å²) in [5.41, 5.74) is 3.40. The third kappa shape index (κ3) is 6.61. The van der Waals surface area contributed by atoms with Gasteiger partial charge in [0.05, 0.1) is 31.3 Å². The van der Waals surface area contributed by atoms with Crippen LogP contribution in [0.25, 0.3) is 5.57 Å². The van der Waals surface area contributed by atoms with Crippen LogP contribution in [0.15, 0.2) is 65.5 Å². The number of dihydropyridines is 1. The Kier molecular flexibility index (Phi) is 9.19. The number of allylic oxidation sites excluding steroid dienone is 3. The molecule has 1 fully saturated rings. The number of alkyl halides is 2. The van der Waals surface area contributed by atoms with Crippen LogP contribution >= 0.6 is 0 Å². The smallest absolute Gasteiger partial charge is 0.387 e. The van der Waals surface area contributed by atoms with Crippen LogP contribution in [0, 0.1) is 0 Å². The average molecular weight is 596 g/mol. The number of carbonyl (C=O) groups excluding carboxylic acids is 1. The number of esters is 1. The van der Waals surface area contributed by atoms with Crippen molar-refractivity contribution in [3.63, 3.8) is 0 Å². The number of aromatic nitrogens is 4. The largest absolute Gasteiger partial charge is 0.495 e. The van der Waals surface area contributed by atoms with Crippen molar-refractivity contribution in [2.24, 2.45) is 7.05 Å². The normalized spacial score (nSPS) is 17.7. The second-order valence-electron chi connectivity index (χ2n) is 10.3. The van der Waals surface area contributed by atoms with Gasteiger partial charge >= 0.3 is 12.6 Å². The zero-order chi connectivity index (χ0) is 30.5. The number of tetrazole rings is 1. The summed E-state index contributed by atoms with van der Waals surface area (Å²) in [4.78, 5) is 19.5. The first-order valence-electron chi connectivity index (χ1n) is 14.0. The number of nitrogens with zero attached hydrogens (tertiary/aromatic N) is 6. The van der Waals surface area contributed by atoms with Crippen LogP contribution in [0.2, 0.25) is 0 Å². The lowest BCUT2D eigenvalue weighted by Crippen LogP contribution is -2.47. The summed E-state index contributed by atoms with van der Waals surface area (Å²) >= 11 is 0. The molecule has 0 aliphatic carbocycles. The molecule has 2 aromatic carbocycles. The molecule has 228 valence electrons. The Balaban J connectivity index is 1.32. The molecule has 3 aromatic rings. The van der Waals surface area contributed by atoms with Gasteiger partial charge in [-0.1, -0.05) is 30.3 Å². The molecule has 1 aromatic heterocycles. The van der Waals surface area contributed by atoms with Crippen molar-refractivity contribution in [1.82, 2.24) is 30.4 Å². The lowest BCUT2D eigenvalue weighted by molar-refractivity contribution is -0.139. The molecule has 2 aliphatic heterocycles. The maximum Gasteiger partial charge on any atom is 0.387 e. The van der Waals surface area contributed by atoms with E-state index in [9.17, 15) is 13.6 Å². The summed E-state index contributed by atoms with van der Waals surface area (Å²) in [6, 6.07) is 14.3. The Hall–Kier alpha value is -4.52. The number of piperazine rings is 1. The summed E-state index contributed by atoms with van der Waals surface area (Å²) in [7, 11) is 3.29. The van der Waals surface area contributed by atoms with Gasteiger partial charge < -0.3 is 24.4 Å². The van der Waals surface area contributed by atoms with Gasteiger partial charge in [-0.25, -0.2) is 4.79 Å². The lowest BCUT2D eigenvalue weighted by atomic mass is 9.79. The van der Waals surface area contributed by atoms with E-state index in [2.05, 4.69) is 30.5 Å². The molecular formula is C30H35F2N7O4. The van der Waals surface area contributed by atoms with Gasteiger partial charge in [-0.05, 0) is 37.3 Å². The predicted molar refractivity (Wildman–Crippen MR) is 156 cm³/mol. The second-order valence-corrected chi connectivity index (χ2v) is 10.3. The van der Waals surface area contributed by atoms with Gasteiger partial charge in [0.1, 0.15) is 18.1 Å². The molecule has 5 rings (SSSR count). The molecule has 3 heterocycles. The van der Waals surface area contributed by atoms with Crippen LogP contribution in [0.1, 0.15) is 31.2 Å². The van der Waals surface area contributed by atoms with Crippen LogP contribution in [0.5, 0.6) is 11.5 Å². The molecule has 0 radical (unpaired) electrons. The maximum absolute atomic E-state index is 13.7. The van der Waals surface area contributed by atoms with E-state index in [1.807, 2.05) is 31.2 Å². The van der Waals surface area contributed by atoms with Crippen molar-refractivity contribution < 1.29 is 27.8 Å². The summed E-state index contributed by atoms with van der Waals surface area (Å²) in [6.07, 6.45) is 0. The fourth-order valence-corrected chi connectivity index (χ4v) is 5.63. The van der Waals surface area contributed by atoms with E-state index in [0.717, 1.165) is 37.6 Å². The number of ether oxygens (including phenoxy) is 3. The number of benzene rings is 2. The van der Waals surface area contributed by atoms with Crippen LogP contribution in [-0.2, 0) is 16.6 Å². The average Bonchev–Trinajstić information content (AvgIpc) is 3.42. The first-order chi connectivity index (χ1) is 20.8. The van der Waals surface area contributed by atoms with Crippen LogP contribution in [-0.4, -0.2) is 84.1 Å². The standard InChI is InChI=1S/C30H35F2N7O4/c1-19-25(28-34-36-37(3)35-28)27(21-9-5-7-11-23(21)43-30(31)32)26(20(2)33-19)29(40)42-18-17-38-13-15-39(16-14-38)22-10-6-8-12-24(22)41-4/h5-12,27,30,33H,13-18H2,1-4H3. The van der Waals surface area contributed by atoms with Gasteiger partial charge in [0.15, 0.2) is 0 Å². The molecule has 1 N–H and O–H groups in total. The number of hydrogen-bond acceptors (Lipinski definition) is 10. The predicted octanol–water partition coefficient (Wildman–Crippen LogP) is 3.58. The van der Waals surface area contributed by atoms with E-state index < -0.39 is 18.5 Å². The van der Waals surface area contributed by atoms with Crippen molar-refractivity contribution in [3.8, 4) is 11.5 Å². The first-order valence-corrected chi connectivity index (χ1v) is 14.0. The molecule has 1 atom stereocenters. The fourth-order valence-electron chi connectivity index (χ4n) is 5.63. The number of para-hydroxylation sites is 3. The topological polar surface area (TPSA) is 107 Å². The van der Waals surface area contributed by atoms with Gasteiger partial charge in [-0.2, -0.15) is 13.6 Å². The number of anilines is 1. The number of carbonyl (C=O) groups is 1. The SMILES string of the molecule is COc1ccccc1N1CCN(CCOC(=O)C2=C(C)NC(C)=C(c3nnn(C)n3)C2c2ccccc2OC(F)F)CC1. The van der Waals surface area contributed by atoms with Crippen molar-refractivity contribution >= 4 is 17.2 Å². The highest BCUT2D eigenvalue weighted by molar-refractivity contribution is 5.97. The molecule has 43 heavy (non-hydrogen) atoms. The van der Waals surface area contributed by atoms with Crippen molar-refractivity contribution in [3.05, 3.63) is 76.9 Å². The van der Waals surface area contributed by atoms with Gasteiger partial charge in [-0.15, -0.1) is 10.2 Å². The van der Waals surface area contributed by atoms with E-state index in [0.29, 0.717) is 29.1 Å². The molecule has 0 bridgehead atoms. The molecular weight excluding hydrogens is 560 g/mol. The molecule has 1 saturated heterocycles. The Morgan fingerprint density at radius 2 is 1.72 bits per heavy atom. The monoisotopic (exact) mass is 595 g/mol. The Morgan fingerprint density at radius 3 is 2.40 bits per heavy atom. The van der Waals surface area contributed by atoms with Crippen LogP contribution in [0.3, 0.4) is 0 Å². The Morgan fingerprint density at radius 1 is 1.02 bits per heavy atom. The summed E-state index contributed by atoms with van der Waals surface area (Å²) in [5.74, 6) is -0.356. The number of nitrogens with one attached hydrogen (secondary N) is 1. The lowest BCUT2D eigenvalue weighted by Gasteiger charge is -2.36. The second kappa shape index (κ2) is 13.2. The van der Waals surface area contributed by atoms with Gasteiger partial charge in [0, 0.05) is 55.3 Å². The number of hydrogen-bond donors (Lipinski definition) is 1. The minimum Gasteiger partial charge on any atom is -0.495 e. The first kappa shape index (κ1) is 30.0. The zero-order valence-corrected chi connectivity index (χ0v) is 24.6. The van der Waals surface area contributed by atoms with Crippen LogP contribution < -0.4 is 19.7 Å². The Labute approximate surface area is 248 Å². The van der Waals surface area contributed by atoms with Gasteiger partial charge in [-0.3, -0.25) is 4.90 Å². The quantitative estimate of drug-likeness (QED) is 0.350. The number of methoxy groups -OCH3 is 1. The van der Waals surface area contributed by atoms with Crippen molar-refractivity contribution in [2.45, 2.75) is 26.4 Å². The number of aryl methyl sites for hydroxylation is 1. The number of halogens is 2. The fraction of sp³-hybridized carbons (Fsp3) is 0.400. The molecule has 2 aliphatic rings. The van der Waals surface area contributed by atoms with E-state index in [4.69, 9.17) is 14.2 Å². The molecule has 11 nitrogen and oxygen atoms in total. The minimum absolute atomic E-state index is 0.0513. The van der Waals surface area contributed by atoms with Crippen molar-refractivity contribution in [2.75, 3.05) is 51.3 Å². The summed E-state index contributed by atoms with van der Waals surface area (Å²) in [6.45, 7) is 4.44. The summed E-state index contributed by atoms with van der Waals surface area (Å²) < 4.78 is 43.0. The van der Waals surface area contributed by atoms with Gasteiger partial charge in [0.25, 0.3) is 0 Å². The van der Waals surface area contributed by atoms with E-state index in [1.54, 1.807) is 39.3 Å². The molecule has 0 spiro atoms. The minimum atomic E-state index is -3.05. The maximum atomic E-state index is 13.7. The molecule has 0 amide bonds. The highest BCUT2D eigenvalue weighted by Crippen LogP contribution is 2.45.